The molecular weight excluding hydrogens is 238 g/mol. The minimum atomic E-state index is -0.444. The molecule has 3 nitrogen and oxygen atoms in total. The molecule has 2 aromatic rings. The van der Waals surface area contributed by atoms with Gasteiger partial charge in [0.2, 0.25) is 0 Å². The smallest absolute Gasteiger partial charge is 0.145 e. The second kappa shape index (κ2) is 6.03. The number of nitrogens with zero attached hydrogens (tertiary/aromatic N) is 1. The van der Waals surface area contributed by atoms with E-state index in [0.717, 1.165) is 5.56 Å². The van der Waals surface area contributed by atoms with Crippen molar-refractivity contribution in [2.24, 2.45) is 0 Å². The van der Waals surface area contributed by atoms with E-state index in [1.165, 1.54) is 0 Å². The fraction of sp³-hybridized carbons (Fsp3) is 0.188. The van der Waals surface area contributed by atoms with Crippen LogP contribution >= 0.6 is 0 Å². The van der Waals surface area contributed by atoms with Crippen LogP contribution in [0.1, 0.15) is 30.6 Å². The number of rotatable bonds is 4. The molecule has 0 aliphatic carbocycles. The molecule has 0 amide bonds. The summed E-state index contributed by atoms with van der Waals surface area (Å²) in [4.78, 5) is 0. The standard InChI is InChI=1S/C16H15NO2/c1-2-15(18)12-7-9-14(10-8-12)19-16-6-4-3-5-13(16)11-17/h3-10,15,18H,2H2,1H3/t15-/m0/s1. The van der Waals surface area contributed by atoms with Crippen molar-refractivity contribution in [1.82, 2.24) is 0 Å². The van der Waals surface area contributed by atoms with Crippen molar-refractivity contribution in [2.45, 2.75) is 19.4 Å². The Morgan fingerprint density at radius 3 is 2.47 bits per heavy atom. The SMILES string of the molecule is CC[C@H](O)c1ccc(Oc2ccccc2C#N)cc1. The molecule has 0 aromatic heterocycles. The Labute approximate surface area is 112 Å². The molecule has 0 unspecified atom stereocenters. The first-order chi connectivity index (χ1) is 9.24. The van der Waals surface area contributed by atoms with Crippen molar-refractivity contribution in [3.63, 3.8) is 0 Å². The molecule has 0 aliphatic heterocycles. The molecule has 0 radical (unpaired) electrons. The maximum absolute atomic E-state index is 9.71. The monoisotopic (exact) mass is 253 g/mol. The van der Waals surface area contributed by atoms with Gasteiger partial charge in [0, 0.05) is 0 Å². The van der Waals surface area contributed by atoms with E-state index in [-0.39, 0.29) is 0 Å². The summed E-state index contributed by atoms with van der Waals surface area (Å²) in [6.07, 6.45) is 0.234. The van der Waals surface area contributed by atoms with E-state index in [1.807, 2.05) is 25.1 Å². The molecule has 96 valence electrons. The molecule has 1 atom stereocenters. The fourth-order valence-corrected chi connectivity index (χ4v) is 1.77. The summed E-state index contributed by atoms with van der Waals surface area (Å²) in [7, 11) is 0. The number of hydrogen-bond acceptors (Lipinski definition) is 3. The molecule has 1 N–H and O–H groups in total. The summed E-state index contributed by atoms with van der Waals surface area (Å²) in [6.45, 7) is 1.93. The van der Waals surface area contributed by atoms with E-state index < -0.39 is 6.10 Å². The number of aliphatic hydroxyl groups excluding tert-OH is 1. The van der Waals surface area contributed by atoms with Gasteiger partial charge in [-0.05, 0) is 36.2 Å². The van der Waals surface area contributed by atoms with Crippen molar-refractivity contribution in [2.75, 3.05) is 0 Å². The lowest BCUT2D eigenvalue weighted by molar-refractivity contribution is 0.173. The number of nitriles is 1. The summed E-state index contributed by atoms with van der Waals surface area (Å²) in [5.41, 5.74) is 1.36. The van der Waals surface area contributed by atoms with Crippen LogP contribution in [0.5, 0.6) is 11.5 Å². The van der Waals surface area contributed by atoms with Gasteiger partial charge in [0.15, 0.2) is 0 Å². The summed E-state index contributed by atoms with van der Waals surface area (Å²) >= 11 is 0. The zero-order valence-electron chi connectivity index (χ0n) is 10.7. The Balaban J connectivity index is 2.18. The van der Waals surface area contributed by atoms with Gasteiger partial charge in [0.1, 0.15) is 17.6 Å². The van der Waals surface area contributed by atoms with Crippen molar-refractivity contribution >= 4 is 0 Å². The zero-order chi connectivity index (χ0) is 13.7. The quantitative estimate of drug-likeness (QED) is 0.901. The molecule has 0 spiro atoms. The lowest BCUT2D eigenvalue weighted by atomic mass is 10.1. The van der Waals surface area contributed by atoms with E-state index in [0.29, 0.717) is 23.5 Å². The predicted molar refractivity (Wildman–Crippen MR) is 72.9 cm³/mol. The largest absolute Gasteiger partial charge is 0.456 e. The minimum Gasteiger partial charge on any atom is -0.456 e. The van der Waals surface area contributed by atoms with E-state index in [2.05, 4.69) is 6.07 Å². The first-order valence-corrected chi connectivity index (χ1v) is 6.19. The van der Waals surface area contributed by atoms with Gasteiger partial charge >= 0.3 is 0 Å². The molecule has 2 rings (SSSR count). The molecule has 19 heavy (non-hydrogen) atoms. The van der Waals surface area contributed by atoms with Gasteiger partial charge in [-0.15, -0.1) is 0 Å². The van der Waals surface area contributed by atoms with Crippen LogP contribution in [0.25, 0.3) is 0 Å². The van der Waals surface area contributed by atoms with Gasteiger partial charge < -0.3 is 9.84 Å². The van der Waals surface area contributed by atoms with Gasteiger partial charge in [0.05, 0.1) is 11.7 Å². The summed E-state index contributed by atoms with van der Waals surface area (Å²) in [5, 5.41) is 18.7. The third-order valence-corrected chi connectivity index (χ3v) is 2.89. The molecule has 0 fully saturated rings. The number of ether oxygens (including phenoxy) is 1. The lowest BCUT2D eigenvalue weighted by Crippen LogP contribution is -1.95. The van der Waals surface area contributed by atoms with Crippen LogP contribution < -0.4 is 4.74 Å². The molecule has 0 heterocycles. The van der Waals surface area contributed by atoms with Gasteiger partial charge in [-0.3, -0.25) is 0 Å². The third kappa shape index (κ3) is 3.12. The number of benzene rings is 2. The summed E-state index contributed by atoms with van der Waals surface area (Å²) in [6, 6.07) is 16.4. The van der Waals surface area contributed by atoms with E-state index >= 15 is 0 Å². The Kier molecular flexibility index (Phi) is 4.17. The van der Waals surface area contributed by atoms with Gasteiger partial charge in [0.25, 0.3) is 0 Å². The lowest BCUT2D eigenvalue weighted by Gasteiger charge is -2.10. The summed E-state index contributed by atoms with van der Waals surface area (Å²) < 4.78 is 5.66. The molecule has 0 saturated carbocycles. The Hall–Kier alpha value is -2.31. The van der Waals surface area contributed by atoms with E-state index in [4.69, 9.17) is 10.00 Å². The second-order valence-electron chi connectivity index (χ2n) is 4.20. The maximum Gasteiger partial charge on any atom is 0.145 e. The molecule has 0 bridgehead atoms. The molecule has 3 heteroatoms. The van der Waals surface area contributed by atoms with E-state index in [9.17, 15) is 5.11 Å². The van der Waals surface area contributed by atoms with Crippen molar-refractivity contribution in [3.8, 4) is 17.6 Å². The highest BCUT2D eigenvalue weighted by molar-refractivity contribution is 5.45. The Morgan fingerprint density at radius 2 is 1.84 bits per heavy atom. The first kappa shape index (κ1) is 13.1. The van der Waals surface area contributed by atoms with Crippen LogP contribution in [0.3, 0.4) is 0 Å². The average Bonchev–Trinajstić information content (AvgIpc) is 2.48. The fourth-order valence-electron chi connectivity index (χ4n) is 1.77. The highest BCUT2D eigenvalue weighted by Crippen LogP contribution is 2.26. The highest BCUT2D eigenvalue weighted by atomic mass is 16.5. The number of aliphatic hydroxyl groups is 1. The Morgan fingerprint density at radius 1 is 1.16 bits per heavy atom. The molecule has 0 aliphatic rings. The second-order valence-corrected chi connectivity index (χ2v) is 4.20. The van der Waals surface area contributed by atoms with Crippen LogP contribution in [0.2, 0.25) is 0 Å². The topological polar surface area (TPSA) is 53.2 Å². The molecular formula is C16H15NO2. The first-order valence-electron chi connectivity index (χ1n) is 6.19. The zero-order valence-corrected chi connectivity index (χ0v) is 10.7. The van der Waals surface area contributed by atoms with Gasteiger partial charge in [-0.2, -0.15) is 5.26 Å². The minimum absolute atomic E-state index is 0.444. The van der Waals surface area contributed by atoms with Crippen LogP contribution in [0.15, 0.2) is 48.5 Å². The van der Waals surface area contributed by atoms with Crippen molar-refractivity contribution < 1.29 is 9.84 Å². The molecule has 0 saturated heterocycles. The van der Waals surface area contributed by atoms with Gasteiger partial charge in [-0.1, -0.05) is 31.2 Å². The highest BCUT2D eigenvalue weighted by Gasteiger charge is 2.06. The van der Waals surface area contributed by atoms with Crippen LogP contribution in [0, 0.1) is 11.3 Å². The van der Waals surface area contributed by atoms with Gasteiger partial charge in [-0.25, -0.2) is 0 Å². The number of hydrogen-bond donors (Lipinski definition) is 1. The third-order valence-electron chi connectivity index (χ3n) is 2.89. The van der Waals surface area contributed by atoms with Crippen molar-refractivity contribution in [1.29, 1.82) is 5.26 Å². The van der Waals surface area contributed by atoms with Crippen LogP contribution in [-0.4, -0.2) is 5.11 Å². The summed E-state index contributed by atoms with van der Waals surface area (Å²) in [5.74, 6) is 1.18. The maximum atomic E-state index is 9.71. The Bertz CT molecular complexity index is 584. The van der Waals surface area contributed by atoms with Crippen LogP contribution in [-0.2, 0) is 0 Å². The van der Waals surface area contributed by atoms with Crippen LogP contribution in [0.4, 0.5) is 0 Å². The van der Waals surface area contributed by atoms with E-state index in [1.54, 1.807) is 30.3 Å². The number of para-hydroxylation sites is 1. The average molecular weight is 253 g/mol. The molecule has 2 aromatic carbocycles. The predicted octanol–water partition coefficient (Wildman–Crippen LogP) is 3.79. The van der Waals surface area contributed by atoms with Crippen molar-refractivity contribution in [3.05, 3.63) is 59.7 Å². The normalized spacial score (nSPS) is 11.6.